The fourth-order valence-corrected chi connectivity index (χ4v) is 4.44. The molecule has 2 fully saturated rings. The molecule has 9 heteroatoms. The van der Waals surface area contributed by atoms with Gasteiger partial charge >= 0.3 is 6.09 Å². The van der Waals surface area contributed by atoms with Crippen molar-refractivity contribution in [1.29, 1.82) is 0 Å². The first-order valence-electron chi connectivity index (χ1n) is 9.82. The number of aromatic nitrogens is 1. The largest absolute Gasteiger partial charge is 0.442 e. The molecule has 1 atom stereocenters. The van der Waals surface area contributed by atoms with Crippen molar-refractivity contribution in [1.82, 2.24) is 10.3 Å². The Labute approximate surface area is 178 Å². The lowest BCUT2D eigenvalue weighted by atomic mass is 10.1. The summed E-state index contributed by atoms with van der Waals surface area (Å²) in [5.74, 6) is 1.59. The van der Waals surface area contributed by atoms with E-state index in [2.05, 4.69) is 15.2 Å². The van der Waals surface area contributed by atoms with Gasteiger partial charge in [0.2, 0.25) is 5.91 Å². The number of nitrogens with one attached hydrogen (secondary N) is 1. The Morgan fingerprint density at radius 1 is 1.30 bits per heavy atom. The van der Waals surface area contributed by atoms with Crippen molar-refractivity contribution in [3.8, 4) is 11.3 Å². The maximum Gasteiger partial charge on any atom is 0.414 e. The average molecular weight is 431 g/mol. The minimum Gasteiger partial charge on any atom is -0.442 e. The molecule has 0 saturated carbocycles. The van der Waals surface area contributed by atoms with E-state index < -0.39 is 12.2 Å². The van der Waals surface area contributed by atoms with Crippen LogP contribution in [0.1, 0.15) is 6.92 Å². The van der Waals surface area contributed by atoms with Crippen LogP contribution in [0, 0.1) is 5.82 Å². The van der Waals surface area contributed by atoms with Crippen LogP contribution in [0.3, 0.4) is 0 Å². The topological polar surface area (TPSA) is 74.8 Å². The molecule has 2 aliphatic rings. The molecule has 4 rings (SSSR count). The third-order valence-electron chi connectivity index (χ3n) is 5.11. The molecular formula is C21H23FN4O3S. The summed E-state index contributed by atoms with van der Waals surface area (Å²) in [5, 5.41) is 2.65. The zero-order valence-corrected chi connectivity index (χ0v) is 17.5. The third kappa shape index (κ3) is 4.51. The van der Waals surface area contributed by atoms with E-state index in [9.17, 15) is 14.0 Å². The van der Waals surface area contributed by atoms with E-state index in [4.69, 9.17) is 4.74 Å². The number of thioether (sulfide) groups is 1. The van der Waals surface area contributed by atoms with Gasteiger partial charge in [0.1, 0.15) is 11.9 Å². The first-order valence-corrected chi connectivity index (χ1v) is 11.0. The molecule has 1 N–H and O–H groups in total. The number of ether oxygens (including phenoxy) is 1. The van der Waals surface area contributed by atoms with Crippen molar-refractivity contribution in [2.45, 2.75) is 13.0 Å². The van der Waals surface area contributed by atoms with Gasteiger partial charge in [-0.3, -0.25) is 14.7 Å². The zero-order valence-electron chi connectivity index (χ0n) is 16.6. The SMILES string of the molecule is CC(=O)NC[C@H]1CN(c2ccc(-c3ccc(N4CCSCC4)c(F)c3)nc2)C(=O)O1. The molecular weight excluding hydrogens is 407 g/mol. The predicted octanol–water partition coefficient (Wildman–Crippen LogP) is 2.90. The number of cyclic esters (lactones) is 1. The Hall–Kier alpha value is -2.81. The van der Waals surface area contributed by atoms with E-state index in [1.54, 1.807) is 24.4 Å². The van der Waals surface area contributed by atoms with Gasteiger partial charge < -0.3 is 15.0 Å². The Kier molecular flexibility index (Phi) is 6.08. The molecule has 0 unspecified atom stereocenters. The molecule has 0 bridgehead atoms. The van der Waals surface area contributed by atoms with Gasteiger partial charge in [-0.1, -0.05) is 6.07 Å². The molecule has 0 radical (unpaired) electrons. The quantitative estimate of drug-likeness (QED) is 0.786. The Bertz CT molecular complexity index is 934. The maximum atomic E-state index is 14.7. The van der Waals surface area contributed by atoms with Crippen molar-refractivity contribution >= 4 is 35.1 Å². The van der Waals surface area contributed by atoms with E-state index in [0.29, 0.717) is 29.2 Å². The minimum absolute atomic E-state index is 0.173. The van der Waals surface area contributed by atoms with E-state index in [-0.39, 0.29) is 18.3 Å². The zero-order chi connectivity index (χ0) is 21.1. The lowest BCUT2D eigenvalue weighted by Gasteiger charge is -2.28. The monoisotopic (exact) mass is 430 g/mol. The number of rotatable bonds is 5. The smallest absolute Gasteiger partial charge is 0.414 e. The molecule has 2 aromatic rings. The molecule has 2 saturated heterocycles. The fourth-order valence-electron chi connectivity index (χ4n) is 3.54. The standard InChI is InChI=1S/C21H23FN4O3S/c1-14(27)23-12-17-13-26(21(28)29-17)16-3-4-19(24-11-16)15-2-5-20(18(22)10-15)25-6-8-30-9-7-25/h2-5,10-11,17H,6-9,12-13H2,1H3,(H,23,27)/t17-/m0/s1. The second-order valence-corrected chi connectivity index (χ2v) is 8.45. The maximum absolute atomic E-state index is 14.7. The molecule has 7 nitrogen and oxygen atoms in total. The minimum atomic E-state index is -0.477. The van der Waals surface area contributed by atoms with Gasteiger partial charge in [-0.25, -0.2) is 9.18 Å². The lowest BCUT2D eigenvalue weighted by Crippen LogP contribution is -2.33. The second kappa shape index (κ2) is 8.91. The number of benzene rings is 1. The molecule has 30 heavy (non-hydrogen) atoms. The molecule has 2 aliphatic heterocycles. The van der Waals surface area contributed by atoms with E-state index in [1.807, 2.05) is 17.8 Å². The van der Waals surface area contributed by atoms with Gasteiger partial charge in [0.15, 0.2) is 0 Å². The van der Waals surface area contributed by atoms with Gasteiger partial charge in [-0.05, 0) is 24.3 Å². The number of amides is 2. The summed E-state index contributed by atoms with van der Waals surface area (Å²) < 4.78 is 20.0. The highest BCUT2D eigenvalue weighted by molar-refractivity contribution is 7.99. The van der Waals surface area contributed by atoms with Gasteiger partial charge in [-0.2, -0.15) is 11.8 Å². The first-order chi connectivity index (χ1) is 14.5. The normalized spacial score (nSPS) is 19.0. The fraction of sp³-hybridized carbons (Fsp3) is 0.381. The van der Waals surface area contributed by atoms with Gasteiger partial charge in [-0.15, -0.1) is 0 Å². The number of carbonyl (C=O) groups is 2. The number of pyridine rings is 1. The van der Waals surface area contributed by atoms with Crippen LogP contribution in [0.15, 0.2) is 36.5 Å². The number of anilines is 2. The third-order valence-corrected chi connectivity index (χ3v) is 6.05. The number of halogens is 1. The molecule has 1 aromatic carbocycles. The number of hydrogen-bond acceptors (Lipinski definition) is 6. The summed E-state index contributed by atoms with van der Waals surface area (Å²) in [6, 6.07) is 8.71. The van der Waals surface area contributed by atoms with Crippen LogP contribution in [-0.2, 0) is 9.53 Å². The summed E-state index contributed by atoms with van der Waals surface area (Å²) in [7, 11) is 0. The van der Waals surface area contributed by atoms with Crippen LogP contribution in [0.2, 0.25) is 0 Å². The van der Waals surface area contributed by atoms with Gasteiger partial charge in [0.05, 0.1) is 36.4 Å². The van der Waals surface area contributed by atoms with E-state index in [0.717, 1.165) is 24.6 Å². The summed E-state index contributed by atoms with van der Waals surface area (Å²) >= 11 is 1.89. The number of hydrogen-bond donors (Lipinski definition) is 1. The molecule has 1 aromatic heterocycles. The number of nitrogens with zero attached hydrogens (tertiary/aromatic N) is 3. The van der Waals surface area contributed by atoms with Gasteiger partial charge in [0.25, 0.3) is 0 Å². The van der Waals surface area contributed by atoms with Crippen LogP contribution in [0.5, 0.6) is 0 Å². The molecule has 0 spiro atoms. The summed E-state index contributed by atoms with van der Waals surface area (Å²) in [4.78, 5) is 31.1. The van der Waals surface area contributed by atoms with Crippen LogP contribution < -0.4 is 15.1 Å². The summed E-state index contributed by atoms with van der Waals surface area (Å²) in [6.45, 7) is 3.71. The highest BCUT2D eigenvalue weighted by atomic mass is 32.2. The molecule has 158 valence electrons. The second-order valence-electron chi connectivity index (χ2n) is 7.22. The summed E-state index contributed by atoms with van der Waals surface area (Å²) in [6.07, 6.45) is 0.691. The summed E-state index contributed by atoms with van der Waals surface area (Å²) in [5.41, 5.74) is 2.53. The van der Waals surface area contributed by atoms with Crippen molar-refractivity contribution in [3.05, 3.63) is 42.3 Å². The van der Waals surface area contributed by atoms with Gasteiger partial charge in [0, 0.05) is 37.1 Å². The van der Waals surface area contributed by atoms with Crippen molar-refractivity contribution in [2.75, 3.05) is 47.5 Å². The Morgan fingerprint density at radius 2 is 2.10 bits per heavy atom. The Balaban J connectivity index is 1.45. The van der Waals surface area contributed by atoms with Crippen molar-refractivity contribution in [2.24, 2.45) is 0 Å². The van der Waals surface area contributed by atoms with Crippen LogP contribution in [-0.4, -0.2) is 60.8 Å². The van der Waals surface area contributed by atoms with Crippen molar-refractivity contribution < 1.29 is 18.7 Å². The molecule has 3 heterocycles. The van der Waals surface area contributed by atoms with Crippen LogP contribution in [0.4, 0.5) is 20.6 Å². The Morgan fingerprint density at radius 3 is 2.77 bits per heavy atom. The van der Waals surface area contributed by atoms with Crippen LogP contribution >= 0.6 is 11.8 Å². The number of carbonyl (C=O) groups excluding carboxylic acids is 2. The lowest BCUT2D eigenvalue weighted by molar-refractivity contribution is -0.119. The molecule has 0 aliphatic carbocycles. The van der Waals surface area contributed by atoms with E-state index >= 15 is 0 Å². The first kappa shape index (κ1) is 20.5. The highest BCUT2D eigenvalue weighted by Crippen LogP contribution is 2.29. The predicted molar refractivity (Wildman–Crippen MR) is 115 cm³/mol. The van der Waals surface area contributed by atoms with Crippen molar-refractivity contribution in [3.63, 3.8) is 0 Å². The van der Waals surface area contributed by atoms with E-state index in [1.165, 1.54) is 17.9 Å². The highest BCUT2D eigenvalue weighted by Gasteiger charge is 2.32. The van der Waals surface area contributed by atoms with Crippen LogP contribution in [0.25, 0.3) is 11.3 Å². The molecule has 2 amide bonds. The average Bonchev–Trinajstić information content (AvgIpc) is 3.13.